The highest BCUT2D eigenvalue weighted by Gasteiger charge is 2.20. The Bertz CT molecular complexity index is 3990. The molecule has 0 amide bonds. The summed E-state index contributed by atoms with van der Waals surface area (Å²) in [6, 6.07) is 90.4. The van der Waals surface area contributed by atoms with Gasteiger partial charge in [-0.25, -0.2) is 0 Å². The molecule has 0 spiro atoms. The molecule has 0 aliphatic rings. The number of hydrogen-bond acceptors (Lipinski definition) is 2. The Morgan fingerprint density at radius 2 is 0.773 bits per heavy atom. The molecule has 0 radical (unpaired) electrons. The van der Waals surface area contributed by atoms with E-state index in [0.29, 0.717) is 0 Å². The molecule has 0 aliphatic heterocycles. The third-order valence-electron chi connectivity index (χ3n) is 13.5. The first-order chi connectivity index (χ1) is 32.7. The summed E-state index contributed by atoms with van der Waals surface area (Å²) in [7, 11) is 0. The normalized spacial score (nSPS) is 11.6. The van der Waals surface area contributed by atoms with E-state index in [-0.39, 0.29) is 0 Å². The zero-order chi connectivity index (χ0) is 43.6. The van der Waals surface area contributed by atoms with Crippen molar-refractivity contribution in [1.82, 2.24) is 0 Å². The molecule has 66 heavy (non-hydrogen) atoms. The Balaban J connectivity index is 0.941. The summed E-state index contributed by atoms with van der Waals surface area (Å²) in [5.74, 6) is 0. The standard InChI is InChI=1S/C64H41NO/c1-3-16-52-43(13-1)36-39-58-53(20-10-22-57(52)58)44-27-29-45(30-28-44)55-18-5-7-23-61(55)65(50-37-34-46(35-38-50)56-21-11-25-63-64(56)59-19-6-8-24-62(59)66-63)51-15-9-14-48(40-51)49-33-32-47-31-26-42-12-2-4-17-54(42)60(47)41-49/h1-41H. The number of hydrogen-bond donors (Lipinski definition) is 0. The van der Waals surface area contributed by atoms with Gasteiger partial charge in [0, 0.05) is 27.7 Å². The van der Waals surface area contributed by atoms with E-state index in [9.17, 15) is 0 Å². The third kappa shape index (κ3) is 6.34. The predicted molar refractivity (Wildman–Crippen MR) is 280 cm³/mol. The second-order valence-electron chi connectivity index (χ2n) is 17.2. The highest BCUT2D eigenvalue weighted by molar-refractivity contribution is 6.14. The maximum Gasteiger partial charge on any atom is 0.136 e. The zero-order valence-electron chi connectivity index (χ0n) is 36.0. The van der Waals surface area contributed by atoms with Gasteiger partial charge in [0.05, 0.1) is 5.69 Å². The fourth-order valence-corrected chi connectivity index (χ4v) is 10.3. The van der Waals surface area contributed by atoms with Crippen molar-refractivity contribution >= 4 is 82.1 Å². The lowest BCUT2D eigenvalue weighted by atomic mass is 9.93. The van der Waals surface area contributed by atoms with Gasteiger partial charge in [0.25, 0.3) is 0 Å². The van der Waals surface area contributed by atoms with Crippen LogP contribution in [0, 0.1) is 0 Å². The molecule has 0 bridgehead atoms. The molecule has 1 heterocycles. The molecule has 0 N–H and O–H groups in total. The Hall–Kier alpha value is -8.72. The average molecular weight is 840 g/mol. The van der Waals surface area contributed by atoms with Crippen molar-refractivity contribution in [3.8, 4) is 44.5 Å². The number of furan rings is 1. The highest BCUT2D eigenvalue weighted by Crippen LogP contribution is 2.44. The summed E-state index contributed by atoms with van der Waals surface area (Å²) in [4.78, 5) is 2.41. The van der Waals surface area contributed by atoms with E-state index < -0.39 is 0 Å². The van der Waals surface area contributed by atoms with Gasteiger partial charge in [-0.2, -0.15) is 0 Å². The Morgan fingerprint density at radius 1 is 0.258 bits per heavy atom. The Kier molecular flexibility index (Phi) is 8.89. The van der Waals surface area contributed by atoms with Crippen LogP contribution in [0.5, 0.6) is 0 Å². The van der Waals surface area contributed by atoms with E-state index in [0.717, 1.165) is 66.8 Å². The molecule has 13 rings (SSSR count). The maximum absolute atomic E-state index is 6.30. The van der Waals surface area contributed by atoms with Crippen molar-refractivity contribution in [1.29, 1.82) is 0 Å². The molecule has 2 heteroatoms. The number of nitrogens with zero attached hydrogens (tertiary/aromatic N) is 1. The van der Waals surface area contributed by atoms with Gasteiger partial charge >= 0.3 is 0 Å². The van der Waals surface area contributed by atoms with Crippen molar-refractivity contribution in [3.05, 3.63) is 249 Å². The van der Waals surface area contributed by atoms with Crippen LogP contribution < -0.4 is 4.90 Å². The Morgan fingerprint density at radius 3 is 1.59 bits per heavy atom. The number of anilines is 3. The van der Waals surface area contributed by atoms with E-state index in [1.807, 2.05) is 12.1 Å². The largest absolute Gasteiger partial charge is 0.456 e. The second-order valence-corrected chi connectivity index (χ2v) is 17.2. The first-order valence-corrected chi connectivity index (χ1v) is 22.7. The van der Waals surface area contributed by atoms with Gasteiger partial charge in [-0.15, -0.1) is 0 Å². The number of fused-ring (bicyclic) bond motifs is 9. The minimum absolute atomic E-state index is 0.895. The lowest BCUT2D eigenvalue weighted by molar-refractivity contribution is 0.669. The van der Waals surface area contributed by atoms with E-state index in [2.05, 4.69) is 241 Å². The molecule has 1 aromatic heterocycles. The van der Waals surface area contributed by atoms with Crippen molar-refractivity contribution in [2.75, 3.05) is 4.90 Å². The van der Waals surface area contributed by atoms with Crippen molar-refractivity contribution < 1.29 is 4.42 Å². The summed E-state index contributed by atoms with van der Waals surface area (Å²) in [6.45, 7) is 0. The topological polar surface area (TPSA) is 16.4 Å². The highest BCUT2D eigenvalue weighted by atomic mass is 16.3. The number of benzene rings is 12. The van der Waals surface area contributed by atoms with Crippen LogP contribution in [0.15, 0.2) is 253 Å². The monoisotopic (exact) mass is 839 g/mol. The van der Waals surface area contributed by atoms with Crippen LogP contribution >= 0.6 is 0 Å². The maximum atomic E-state index is 6.30. The number of para-hydroxylation sites is 2. The van der Waals surface area contributed by atoms with Gasteiger partial charge in [0.2, 0.25) is 0 Å². The predicted octanol–water partition coefficient (Wildman–Crippen LogP) is 18.3. The molecule has 0 fully saturated rings. The molecule has 2 nitrogen and oxygen atoms in total. The summed E-state index contributed by atoms with van der Waals surface area (Å²) in [5.41, 5.74) is 14.4. The van der Waals surface area contributed by atoms with E-state index in [1.165, 1.54) is 59.8 Å². The van der Waals surface area contributed by atoms with Crippen LogP contribution in [0.25, 0.3) is 110 Å². The quantitative estimate of drug-likeness (QED) is 0.149. The van der Waals surface area contributed by atoms with Gasteiger partial charge < -0.3 is 9.32 Å². The molecule has 12 aromatic carbocycles. The summed E-state index contributed by atoms with van der Waals surface area (Å²) < 4.78 is 6.30. The van der Waals surface area contributed by atoms with Crippen LogP contribution in [0.1, 0.15) is 0 Å². The van der Waals surface area contributed by atoms with Crippen LogP contribution in [-0.4, -0.2) is 0 Å². The summed E-state index contributed by atoms with van der Waals surface area (Å²) >= 11 is 0. The van der Waals surface area contributed by atoms with Gasteiger partial charge in [-0.05, 0) is 131 Å². The van der Waals surface area contributed by atoms with Gasteiger partial charge in [0.15, 0.2) is 0 Å². The van der Waals surface area contributed by atoms with Gasteiger partial charge in [-0.1, -0.05) is 200 Å². The summed E-state index contributed by atoms with van der Waals surface area (Å²) in [5, 5.41) is 12.3. The van der Waals surface area contributed by atoms with Crippen molar-refractivity contribution in [2.45, 2.75) is 0 Å². The smallest absolute Gasteiger partial charge is 0.136 e. The summed E-state index contributed by atoms with van der Waals surface area (Å²) in [6.07, 6.45) is 0. The second kappa shape index (κ2) is 15.5. The fourth-order valence-electron chi connectivity index (χ4n) is 10.3. The Labute approximate surface area is 382 Å². The molecule has 0 aliphatic carbocycles. The minimum atomic E-state index is 0.895. The first kappa shape index (κ1) is 37.8. The van der Waals surface area contributed by atoms with Crippen LogP contribution in [0.4, 0.5) is 17.1 Å². The van der Waals surface area contributed by atoms with Gasteiger partial charge in [-0.3, -0.25) is 0 Å². The first-order valence-electron chi connectivity index (χ1n) is 22.7. The molecule has 0 saturated heterocycles. The molecule has 308 valence electrons. The number of rotatable bonds is 7. The van der Waals surface area contributed by atoms with Crippen LogP contribution in [0.3, 0.4) is 0 Å². The minimum Gasteiger partial charge on any atom is -0.456 e. The van der Waals surface area contributed by atoms with Crippen LogP contribution in [-0.2, 0) is 0 Å². The lowest BCUT2D eigenvalue weighted by Crippen LogP contribution is -2.11. The van der Waals surface area contributed by atoms with Crippen LogP contribution in [0.2, 0.25) is 0 Å². The third-order valence-corrected chi connectivity index (χ3v) is 13.5. The molecule has 0 unspecified atom stereocenters. The average Bonchev–Trinajstić information content (AvgIpc) is 3.78. The molecule has 0 atom stereocenters. The molecule has 0 saturated carbocycles. The molecular weight excluding hydrogens is 799 g/mol. The zero-order valence-corrected chi connectivity index (χ0v) is 36.0. The van der Waals surface area contributed by atoms with Crippen molar-refractivity contribution in [3.63, 3.8) is 0 Å². The van der Waals surface area contributed by atoms with Gasteiger partial charge in [0.1, 0.15) is 11.2 Å². The molecule has 13 aromatic rings. The fraction of sp³-hybridized carbons (Fsp3) is 0. The van der Waals surface area contributed by atoms with Crippen molar-refractivity contribution in [2.24, 2.45) is 0 Å². The lowest BCUT2D eigenvalue weighted by Gasteiger charge is -2.28. The van der Waals surface area contributed by atoms with E-state index >= 15 is 0 Å². The SMILES string of the molecule is c1cc(-c2ccc3ccc4ccccc4c3c2)cc(N(c2ccc(-c3cccc4oc5ccccc5c34)cc2)c2ccccc2-c2ccc(-c3cccc4c3ccc3ccccc34)cc2)c1. The molecular formula is C64H41NO. The van der Waals surface area contributed by atoms with E-state index in [1.54, 1.807) is 0 Å². The van der Waals surface area contributed by atoms with E-state index in [4.69, 9.17) is 4.42 Å².